The highest BCUT2D eigenvalue weighted by molar-refractivity contribution is 6.31. The number of hydrogen-bond acceptors (Lipinski definition) is 4. The Bertz CT molecular complexity index is 699. The number of aromatic nitrogens is 4. The van der Waals surface area contributed by atoms with Gasteiger partial charge in [0, 0.05) is 5.56 Å². The first-order chi connectivity index (χ1) is 10.0. The van der Waals surface area contributed by atoms with Gasteiger partial charge in [-0.15, -0.1) is 5.10 Å². The predicted molar refractivity (Wildman–Crippen MR) is 72.1 cm³/mol. The fraction of sp³-hybridized carbons (Fsp3) is 0.385. The van der Waals surface area contributed by atoms with E-state index in [1.54, 1.807) is 0 Å². The molecule has 1 heterocycles. The van der Waals surface area contributed by atoms with Crippen molar-refractivity contribution < 1.29 is 14.3 Å². The van der Waals surface area contributed by atoms with Gasteiger partial charge in [0.2, 0.25) is 0 Å². The number of nitrogens with zero attached hydrogens (tertiary/aromatic N) is 4. The highest BCUT2D eigenvalue weighted by Crippen LogP contribution is 2.43. The summed E-state index contributed by atoms with van der Waals surface area (Å²) >= 11 is 5.76. The minimum absolute atomic E-state index is 0.0290. The molecule has 1 aromatic heterocycles. The Morgan fingerprint density at radius 3 is 2.81 bits per heavy atom. The number of carbonyl (C=O) groups is 1. The normalized spacial score (nSPS) is 16.5. The van der Waals surface area contributed by atoms with E-state index in [0.717, 1.165) is 6.42 Å². The molecule has 0 bridgehead atoms. The molecule has 0 unspecified atom stereocenters. The summed E-state index contributed by atoms with van der Waals surface area (Å²) < 4.78 is 14.7. The van der Waals surface area contributed by atoms with E-state index in [4.69, 9.17) is 11.6 Å². The molecule has 0 radical (unpaired) electrons. The molecule has 1 N–H and O–H groups in total. The van der Waals surface area contributed by atoms with Crippen LogP contribution in [0.5, 0.6) is 0 Å². The average Bonchev–Trinajstić information content (AvgIpc) is 2.84. The number of halogens is 2. The van der Waals surface area contributed by atoms with Gasteiger partial charge in [-0.2, -0.15) is 0 Å². The number of hydrogen-bond donors (Lipinski definition) is 1. The molecule has 1 saturated carbocycles. The van der Waals surface area contributed by atoms with Crippen LogP contribution in [0, 0.1) is 11.2 Å². The summed E-state index contributed by atoms with van der Waals surface area (Å²) in [5.41, 5.74) is -0.264. The first-order valence-electron chi connectivity index (χ1n) is 6.47. The van der Waals surface area contributed by atoms with Crippen molar-refractivity contribution >= 4 is 17.6 Å². The Morgan fingerprint density at radius 1 is 1.48 bits per heavy atom. The third-order valence-electron chi connectivity index (χ3n) is 3.93. The van der Waals surface area contributed by atoms with Crippen molar-refractivity contribution in [3.8, 4) is 11.4 Å². The molecule has 0 saturated heterocycles. The molecule has 1 aliphatic carbocycles. The maximum absolute atomic E-state index is 13.2. The van der Waals surface area contributed by atoms with Crippen LogP contribution in [0.25, 0.3) is 11.4 Å². The summed E-state index contributed by atoms with van der Waals surface area (Å²) in [7, 11) is 0. The standard InChI is InChI=1S/C13H12ClFN4O2/c14-9-6-8(2-3-10(9)15)11-16-17-18-19(11)7-13(12(20)21)4-1-5-13/h2-3,6H,1,4-5,7H2,(H,20,21). The second-order valence-corrected chi connectivity index (χ2v) is 5.64. The number of tetrazole rings is 1. The minimum Gasteiger partial charge on any atom is -0.481 e. The maximum Gasteiger partial charge on any atom is 0.311 e. The molecule has 8 heteroatoms. The van der Waals surface area contributed by atoms with Gasteiger partial charge in [-0.3, -0.25) is 4.79 Å². The van der Waals surface area contributed by atoms with Gasteiger partial charge in [0.1, 0.15) is 5.82 Å². The van der Waals surface area contributed by atoms with E-state index in [0.29, 0.717) is 24.2 Å². The lowest BCUT2D eigenvalue weighted by molar-refractivity contribution is -0.156. The number of benzene rings is 1. The van der Waals surface area contributed by atoms with Gasteiger partial charge < -0.3 is 5.11 Å². The van der Waals surface area contributed by atoms with E-state index in [1.807, 2.05) is 0 Å². The lowest BCUT2D eigenvalue weighted by Gasteiger charge is -2.37. The van der Waals surface area contributed by atoms with E-state index in [9.17, 15) is 14.3 Å². The van der Waals surface area contributed by atoms with Crippen molar-refractivity contribution in [3.63, 3.8) is 0 Å². The third-order valence-corrected chi connectivity index (χ3v) is 4.22. The number of carboxylic acids is 1. The highest BCUT2D eigenvalue weighted by atomic mass is 35.5. The predicted octanol–water partition coefficient (Wildman–Crippen LogP) is 2.39. The van der Waals surface area contributed by atoms with Crippen molar-refractivity contribution in [1.29, 1.82) is 0 Å². The van der Waals surface area contributed by atoms with E-state index >= 15 is 0 Å². The SMILES string of the molecule is O=C(O)C1(Cn2nnnc2-c2ccc(F)c(Cl)c2)CCC1. The number of rotatable bonds is 4. The van der Waals surface area contributed by atoms with Crippen LogP contribution >= 0.6 is 11.6 Å². The largest absolute Gasteiger partial charge is 0.481 e. The fourth-order valence-electron chi connectivity index (χ4n) is 2.48. The Morgan fingerprint density at radius 2 is 2.24 bits per heavy atom. The van der Waals surface area contributed by atoms with Crippen molar-refractivity contribution in [2.45, 2.75) is 25.8 Å². The molecule has 0 amide bonds. The number of carboxylic acid groups (broad SMARTS) is 1. The molecule has 2 aromatic rings. The van der Waals surface area contributed by atoms with Gasteiger partial charge in [-0.1, -0.05) is 18.0 Å². The van der Waals surface area contributed by atoms with E-state index < -0.39 is 17.2 Å². The molecule has 0 spiro atoms. The van der Waals surface area contributed by atoms with Crippen molar-refractivity contribution in [3.05, 3.63) is 29.0 Å². The molecule has 0 aliphatic heterocycles. The number of aliphatic carboxylic acids is 1. The molecule has 0 atom stereocenters. The van der Waals surface area contributed by atoms with Gasteiger partial charge >= 0.3 is 5.97 Å². The first kappa shape index (κ1) is 13.9. The zero-order valence-corrected chi connectivity index (χ0v) is 11.7. The van der Waals surface area contributed by atoms with Crippen molar-refractivity contribution in [2.75, 3.05) is 0 Å². The molecular formula is C13H12ClFN4O2. The minimum atomic E-state index is -0.840. The molecule has 3 rings (SSSR count). The molecule has 1 aliphatic rings. The van der Waals surface area contributed by atoms with Crippen LogP contribution in [-0.2, 0) is 11.3 Å². The first-order valence-corrected chi connectivity index (χ1v) is 6.85. The Labute approximate surface area is 124 Å². The topological polar surface area (TPSA) is 80.9 Å². The summed E-state index contributed by atoms with van der Waals surface area (Å²) in [6, 6.07) is 4.16. The molecular weight excluding hydrogens is 299 g/mol. The summed E-state index contributed by atoms with van der Waals surface area (Å²) in [5, 5.41) is 20.7. The monoisotopic (exact) mass is 310 g/mol. The van der Waals surface area contributed by atoms with E-state index in [1.165, 1.54) is 22.9 Å². The quantitative estimate of drug-likeness (QED) is 0.937. The molecule has 1 fully saturated rings. The van der Waals surface area contributed by atoms with Crippen LogP contribution in [0.2, 0.25) is 5.02 Å². The molecule has 1 aromatic carbocycles. The zero-order valence-electron chi connectivity index (χ0n) is 11.0. The van der Waals surface area contributed by atoms with Crippen LogP contribution in [0.1, 0.15) is 19.3 Å². The lowest BCUT2D eigenvalue weighted by Crippen LogP contribution is -2.42. The summed E-state index contributed by atoms with van der Waals surface area (Å²) in [6.07, 6.45) is 2.09. The molecule has 6 nitrogen and oxygen atoms in total. The zero-order chi connectivity index (χ0) is 15.0. The van der Waals surface area contributed by atoms with Gasteiger partial charge in [0.15, 0.2) is 5.82 Å². The molecule has 21 heavy (non-hydrogen) atoms. The average molecular weight is 311 g/mol. The lowest BCUT2D eigenvalue weighted by atomic mass is 9.69. The summed E-state index contributed by atoms with van der Waals surface area (Å²) in [4.78, 5) is 11.4. The van der Waals surface area contributed by atoms with Crippen LogP contribution in [-0.4, -0.2) is 31.3 Å². The maximum atomic E-state index is 13.2. The van der Waals surface area contributed by atoms with E-state index in [-0.39, 0.29) is 11.6 Å². The van der Waals surface area contributed by atoms with Gasteiger partial charge in [-0.25, -0.2) is 9.07 Å². The Balaban J connectivity index is 1.94. The van der Waals surface area contributed by atoms with E-state index in [2.05, 4.69) is 15.5 Å². The second kappa shape index (κ2) is 5.07. The van der Waals surface area contributed by atoms with Gasteiger partial charge in [0.25, 0.3) is 0 Å². The Kier molecular flexibility index (Phi) is 3.36. The van der Waals surface area contributed by atoms with Crippen LogP contribution in [0.3, 0.4) is 0 Å². The fourth-order valence-corrected chi connectivity index (χ4v) is 2.66. The highest BCUT2D eigenvalue weighted by Gasteiger charge is 2.45. The summed E-state index contributed by atoms with van der Waals surface area (Å²) in [5.74, 6) is -0.989. The van der Waals surface area contributed by atoms with Crippen molar-refractivity contribution in [1.82, 2.24) is 20.2 Å². The molecule has 110 valence electrons. The smallest absolute Gasteiger partial charge is 0.311 e. The van der Waals surface area contributed by atoms with Crippen LogP contribution in [0.4, 0.5) is 4.39 Å². The Hall–Kier alpha value is -2.02. The second-order valence-electron chi connectivity index (χ2n) is 5.23. The summed E-state index contributed by atoms with van der Waals surface area (Å²) in [6.45, 7) is 0.194. The van der Waals surface area contributed by atoms with Crippen LogP contribution < -0.4 is 0 Å². The van der Waals surface area contributed by atoms with Gasteiger partial charge in [-0.05, 0) is 41.5 Å². The van der Waals surface area contributed by atoms with Crippen molar-refractivity contribution in [2.24, 2.45) is 5.41 Å². The van der Waals surface area contributed by atoms with Gasteiger partial charge in [0.05, 0.1) is 17.0 Å². The van der Waals surface area contributed by atoms with Crippen LogP contribution in [0.15, 0.2) is 18.2 Å². The third kappa shape index (κ3) is 2.37.